The van der Waals surface area contributed by atoms with E-state index in [4.69, 9.17) is 10.2 Å². The van der Waals surface area contributed by atoms with Crippen LogP contribution in [-0.4, -0.2) is 51.8 Å². The molecule has 0 aromatic carbocycles. The molecule has 0 saturated carbocycles. The van der Waals surface area contributed by atoms with E-state index in [-0.39, 0.29) is 24.7 Å². The molecule has 1 saturated heterocycles. The van der Waals surface area contributed by atoms with E-state index in [0.29, 0.717) is 0 Å². The molecule has 0 aromatic rings. The van der Waals surface area contributed by atoms with Crippen molar-refractivity contribution in [2.24, 2.45) is 0 Å². The van der Waals surface area contributed by atoms with Crippen LogP contribution in [0.25, 0.3) is 0 Å². The molecule has 2 amide bonds. The van der Waals surface area contributed by atoms with Crippen molar-refractivity contribution >= 4 is 12.0 Å². The molecule has 0 spiro atoms. The van der Waals surface area contributed by atoms with Gasteiger partial charge in [0.1, 0.15) is 0 Å². The molecule has 3 N–H and O–H groups in total. The lowest BCUT2D eigenvalue weighted by atomic mass is 9.98. The normalized spacial score (nSPS) is 26.4. The van der Waals surface area contributed by atoms with Crippen LogP contribution in [0.3, 0.4) is 0 Å². The van der Waals surface area contributed by atoms with Crippen molar-refractivity contribution in [1.82, 2.24) is 10.2 Å². The van der Waals surface area contributed by atoms with Gasteiger partial charge in [0, 0.05) is 12.1 Å². The van der Waals surface area contributed by atoms with E-state index in [0.717, 1.165) is 19.3 Å². The first-order chi connectivity index (χ1) is 7.93. The average Bonchev–Trinajstić information content (AvgIpc) is 2.25. The van der Waals surface area contributed by atoms with Crippen LogP contribution in [0.1, 0.15) is 33.1 Å². The summed E-state index contributed by atoms with van der Waals surface area (Å²) in [6, 6.07) is 0.00596. The summed E-state index contributed by atoms with van der Waals surface area (Å²) in [5, 5.41) is 20.0. The molecule has 1 fully saturated rings. The third kappa shape index (κ3) is 3.59. The van der Waals surface area contributed by atoms with Gasteiger partial charge in [-0.25, -0.2) is 9.59 Å². The number of nitrogens with zero attached hydrogens (tertiary/aromatic N) is 1. The Labute approximate surface area is 101 Å². The number of aliphatic carboxylic acids is 1. The van der Waals surface area contributed by atoms with Crippen molar-refractivity contribution in [3.8, 4) is 0 Å². The largest absolute Gasteiger partial charge is 0.479 e. The van der Waals surface area contributed by atoms with E-state index in [1.54, 1.807) is 4.90 Å². The van der Waals surface area contributed by atoms with Crippen LogP contribution < -0.4 is 5.32 Å². The molecule has 1 heterocycles. The zero-order chi connectivity index (χ0) is 13.0. The topological polar surface area (TPSA) is 89.9 Å². The van der Waals surface area contributed by atoms with Crippen LogP contribution in [0.2, 0.25) is 0 Å². The molecule has 0 aromatic heterocycles. The number of piperidine rings is 1. The summed E-state index contributed by atoms with van der Waals surface area (Å²) in [4.78, 5) is 24.0. The van der Waals surface area contributed by atoms with Gasteiger partial charge in [-0.3, -0.25) is 0 Å². The Bertz CT molecular complexity index is 285. The minimum atomic E-state index is -1.55. The standard InChI is InChI=1S/C11H20N2O4/c1-7-4-3-5-8(2)13(7)11(17)12-6-9(14)10(15)16/h7-9,14H,3-6H2,1-2H3,(H,12,17)(H,15,16)/t7?,8?,9-/m0/s1. The summed E-state index contributed by atoms with van der Waals surface area (Å²) in [5.74, 6) is -1.33. The maximum Gasteiger partial charge on any atom is 0.334 e. The number of carbonyl (C=O) groups is 2. The molecule has 1 aliphatic rings. The fraction of sp³-hybridized carbons (Fsp3) is 0.818. The summed E-state index contributed by atoms with van der Waals surface area (Å²) in [7, 11) is 0. The Morgan fingerprint density at radius 3 is 2.35 bits per heavy atom. The van der Waals surface area contributed by atoms with E-state index in [1.807, 2.05) is 13.8 Å². The maximum absolute atomic E-state index is 11.9. The Hall–Kier alpha value is -1.30. The van der Waals surface area contributed by atoms with Gasteiger partial charge < -0.3 is 20.4 Å². The van der Waals surface area contributed by atoms with Gasteiger partial charge in [-0.05, 0) is 33.1 Å². The highest BCUT2D eigenvalue weighted by Gasteiger charge is 2.29. The first kappa shape index (κ1) is 13.8. The molecule has 1 rings (SSSR count). The molecule has 1 aliphatic heterocycles. The van der Waals surface area contributed by atoms with Crippen LogP contribution in [0, 0.1) is 0 Å². The highest BCUT2D eigenvalue weighted by molar-refractivity contribution is 5.77. The first-order valence-electron chi connectivity index (χ1n) is 5.90. The Morgan fingerprint density at radius 1 is 1.35 bits per heavy atom. The number of aliphatic hydroxyl groups is 1. The lowest BCUT2D eigenvalue weighted by molar-refractivity contribution is -0.146. The lowest BCUT2D eigenvalue weighted by Crippen LogP contribution is -2.53. The molecule has 17 heavy (non-hydrogen) atoms. The fourth-order valence-corrected chi connectivity index (χ4v) is 2.18. The quantitative estimate of drug-likeness (QED) is 0.670. The molecule has 2 unspecified atom stereocenters. The predicted molar refractivity (Wildman–Crippen MR) is 61.7 cm³/mol. The van der Waals surface area contributed by atoms with Gasteiger partial charge in [0.15, 0.2) is 6.10 Å². The number of hydrogen-bond donors (Lipinski definition) is 3. The number of amides is 2. The van der Waals surface area contributed by atoms with Crippen molar-refractivity contribution in [3.05, 3.63) is 0 Å². The third-order valence-corrected chi connectivity index (χ3v) is 3.16. The van der Waals surface area contributed by atoms with Gasteiger partial charge >= 0.3 is 12.0 Å². The van der Waals surface area contributed by atoms with E-state index >= 15 is 0 Å². The van der Waals surface area contributed by atoms with E-state index in [9.17, 15) is 9.59 Å². The van der Waals surface area contributed by atoms with Gasteiger partial charge in [0.25, 0.3) is 0 Å². The maximum atomic E-state index is 11.9. The number of carboxylic acid groups (broad SMARTS) is 1. The predicted octanol–water partition coefficient (Wildman–Crippen LogP) is 0.404. The van der Waals surface area contributed by atoms with Crippen molar-refractivity contribution in [3.63, 3.8) is 0 Å². The second-order valence-electron chi connectivity index (χ2n) is 4.58. The van der Waals surface area contributed by atoms with E-state index < -0.39 is 12.1 Å². The number of likely N-dealkylation sites (tertiary alicyclic amines) is 1. The van der Waals surface area contributed by atoms with Crippen molar-refractivity contribution in [2.45, 2.75) is 51.3 Å². The smallest absolute Gasteiger partial charge is 0.334 e. The monoisotopic (exact) mass is 244 g/mol. The zero-order valence-electron chi connectivity index (χ0n) is 10.2. The van der Waals surface area contributed by atoms with Crippen LogP contribution in [0.15, 0.2) is 0 Å². The summed E-state index contributed by atoms with van der Waals surface area (Å²) >= 11 is 0. The molecule has 98 valence electrons. The number of carbonyl (C=O) groups excluding carboxylic acids is 1. The highest BCUT2D eigenvalue weighted by atomic mass is 16.4. The summed E-state index contributed by atoms with van der Waals surface area (Å²) < 4.78 is 0. The van der Waals surface area contributed by atoms with Gasteiger partial charge in [-0.1, -0.05) is 0 Å². The number of urea groups is 1. The second-order valence-corrected chi connectivity index (χ2v) is 4.58. The first-order valence-corrected chi connectivity index (χ1v) is 5.90. The number of aliphatic hydroxyl groups excluding tert-OH is 1. The van der Waals surface area contributed by atoms with Gasteiger partial charge in [0.05, 0.1) is 6.54 Å². The van der Waals surface area contributed by atoms with Crippen LogP contribution in [-0.2, 0) is 4.79 Å². The van der Waals surface area contributed by atoms with Crippen LogP contribution in [0.4, 0.5) is 4.79 Å². The van der Waals surface area contributed by atoms with Gasteiger partial charge in [0.2, 0.25) is 0 Å². The molecule has 0 radical (unpaired) electrons. The van der Waals surface area contributed by atoms with Crippen LogP contribution >= 0.6 is 0 Å². The molecular formula is C11H20N2O4. The van der Waals surface area contributed by atoms with Crippen molar-refractivity contribution in [2.75, 3.05) is 6.54 Å². The molecule has 6 heteroatoms. The molecular weight excluding hydrogens is 224 g/mol. The van der Waals surface area contributed by atoms with Gasteiger partial charge in [-0.15, -0.1) is 0 Å². The highest BCUT2D eigenvalue weighted by Crippen LogP contribution is 2.22. The molecule has 0 bridgehead atoms. The number of hydrogen-bond acceptors (Lipinski definition) is 3. The zero-order valence-corrected chi connectivity index (χ0v) is 10.2. The summed E-state index contributed by atoms with van der Waals surface area (Å²) in [6.07, 6.45) is 1.47. The SMILES string of the molecule is CC1CCCC(C)N1C(=O)NC[C@H](O)C(=O)O. The fourth-order valence-electron chi connectivity index (χ4n) is 2.18. The minimum Gasteiger partial charge on any atom is -0.479 e. The Morgan fingerprint density at radius 2 is 1.88 bits per heavy atom. The number of rotatable bonds is 3. The third-order valence-electron chi connectivity index (χ3n) is 3.16. The molecule has 0 aliphatic carbocycles. The molecule has 3 atom stereocenters. The minimum absolute atomic E-state index is 0.153. The lowest BCUT2D eigenvalue weighted by Gasteiger charge is -2.39. The number of carboxylic acids is 1. The Kier molecular flexibility index (Phi) is 4.74. The summed E-state index contributed by atoms with van der Waals surface area (Å²) in [6.45, 7) is 3.69. The second kappa shape index (κ2) is 5.86. The van der Waals surface area contributed by atoms with E-state index in [1.165, 1.54) is 0 Å². The Balaban J connectivity index is 2.48. The van der Waals surface area contributed by atoms with Crippen molar-refractivity contribution in [1.29, 1.82) is 0 Å². The van der Waals surface area contributed by atoms with Crippen molar-refractivity contribution < 1.29 is 19.8 Å². The molecule has 6 nitrogen and oxygen atoms in total. The summed E-state index contributed by atoms with van der Waals surface area (Å²) in [5.41, 5.74) is 0. The number of nitrogens with one attached hydrogen (secondary N) is 1. The van der Waals surface area contributed by atoms with E-state index in [2.05, 4.69) is 5.32 Å². The average molecular weight is 244 g/mol. The van der Waals surface area contributed by atoms with Crippen LogP contribution in [0.5, 0.6) is 0 Å². The van der Waals surface area contributed by atoms with Gasteiger partial charge in [-0.2, -0.15) is 0 Å².